The van der Waals surface area contributed by atoms with Crippen LogP contribution in [0.1, 0.15) is 16.6 Å². The first-order valence-electron chi connectivity index (χ1n) is 10.3. The number of hydrogen-bond donors (Lipinski definition) is 3. The lowest BCUT2D eigenvalue weighted by atomic mass is 10.0. The van der Waals surface area contributed by atoms with Gasteiger partial charge in [0.1, 0.15) is 36.8 Å². The minimum absolute atomic E-state index is 0.190. The van der Waals surface area contributed by atoms with Gasteiger partial charge in [0.2, 0.25) is 0 Å². The van der Waals surface area contributed by atoms with Crippen LogP contribution in [0.3, 0.4) is 0 Å². The molecular formula is C23H21N5O5. The van der Waals surface area contributed by atoms with Gasteiger partial charge < -0.3 is 25.4 Å². The number of nitrogens with zero attached hydrogens (tertiary/aromatic N) is 4. The topological polar surface area (TPSA) is 146 Å². The van der Waals surface area contributed by atoms with Crippen molar-refractivity contribution in [2.24, 2.45) is 0 Å². The molecule has 33 heavy (non-hydrogen) atoms. The highest BCUT2D eigenvalue weighted by molar-refractivity contribution is 5.91. The number of ether oxygens (including phenoxy) is 2. The first kappa shape index (κ1) is 21.0. The average Bonchev–Trinajstić information content (AvgIpc) is 3.40. The van der Waals surface area contributed by atoms with Crippen LogP contribution in [-0.4, -0.2) is 60.6 Å². The summed E-state index contributed by atoms with van der Waals surface area (Å²) in [4.78, 5) is 24.8. The molecule has 1 aliphatic rings. The molecule has 0 bridgehead atoms. The Labute approximate surface area is 188 Å². The molecule has 0 amide bonds. The van der Waals surface area contributed by atoms with Crippen LogP contribution in [-0.2, 0) is 9.47 Å². The number of aromatic nitrogens is 4. The van der Waals surface area contributed by atoms with Crippen LogP contribution in [0, 0.1) is 0 Å². The normalized spacial score (nSPS) is 22.5. The lowest BCUT2D eigenvalue weighted by molar-refractivity contribution is -0.0565. The molecule has 4 N–H and O–H groups in total. The first-order valence-corrected chi connectivity index (χ1v) is 10.3. The van der Waals surface area contributed by atoms with Gasteiger partial charge >= 0.3 is 5.97 Å². The Morgan fingerprint density at radius 2 is 1.82 bits per heavy atom. The fourth-order valence-electron chi connectivity index (χ4n) is 3.85. The maximum absolute atomic E-state index is 12.6. The Balaban J connectivity index is 1.28. The molecule has 1 aliphatic heterocycles. The van der Waals surface area contributed by atoms with E-state index in [1.807, 2.05) is 36.4 Å². The van der Waals surface area contributed by atoms with Gasteiger partial charge in [-0.2, -0.15) is 0 Å². The van der Waals surface area contributed by atoms with Crippen molar-refractivity contribution in [3.8, 4) is 11.1 Å². The van der Waals surface area contributed by atoms with Gasteiger partial charge in [-0.3, -0.25) is 4.57 Å². The number of carbonyl (C=O) groups is 1. The predicted octanol–water partition coefficient (Wildman–Crippen LogP) is 1.55. The average molecular weight is 447 g/mol. The summed E-state index contributed by atoms with van der Waals surface area (Å²) in [7, 11) is 0. The first-order chi connectivity index (χ1) is 16.0. The Hall–Kier alpha value is -3.86. The van der Waals surface area contributed by atoms with Crippen LogP contribution < -0.4 is 5.73 Å². The summed E-state index contributed by atoms with van der Waals surface area (Å²) in [6.07, 6.45) is -1.82. The van der Waals surface area contributed by atoms with E-state index in [1.165, 1.54) is 17.2 Å². The Morgan fingerprint density at radius 1 is 1.03 bits per heavy atom. The number of esters is 1. The molecule has 0 unspecified atom stereocenters. The molecule has 10 nitrogen and oxygen atoms in total. The van der Waals surface area contributed by atoms with Crippen LogP contribution >= 0.6 is 0 Å². The second-order valence-electron chi connectivity index (χ2n) is 7.67. The van der Waals surface area contributed by atoms with Gasteiger partial charge in [-0.05, 0) is 23.3 Å². The van der Waals surface area contributed by atoms with E-state index in [-0.39, 0.29) is 12.4 Å². The Morgan fingerprint density at radius 3 is 2.64 bits per heavy atom. The number of aliphatic hydroxyl groups is 2. The Kier molecular flexibility index (Phi) is 5.47. The molecule has 4 aromatic rings. The van der Waals surface area contributed by atoms with E-state index < -0.39 is 30.5 Å². The summed E-state index contributed by atoms with van der Waals surface area (Å²) in [5.41, 5.74) is 8.74. The second-order valence-corrected chi connectivity index (χ2v) is 7.67. The van der Waals surface area contributed by atoms with Gasteiger partial charge in [-0.25, -0.2) is 19.7 Å². The number of fused-ring (bicyclic) bond motifs is 1. The van der Waals surface area contributed by atoms with Gasteiger partial charge in [0.05, 0.1) is 11.9 Å². The summed E-state index contributed by atoms with van der Waals surface area (Å²) in [6, 6.07) is 16.7. The molecule has 0 aliphatic carbocycles. The fraction of sp³-hybridized carbons (Fsp3) is 0.217. The van der Waals surface area contributed by atoms with E-state index in [2.05, 4.69) is 15.0 Å². The smallest absolute Gasteiger partial charge is 0.338 e. The molecule has 0 spiro atoms. The predicted molar refractivity (Wildman–Crippen MR) is 118 cm³/mol. The highest BCUT2D eigenvalue weighted by atomic mass is 16.6. The summed E-state index contributed by atoms with van der Waals surface area (Å²) in [5, 5.41) is 21.0. The van der Waals surface area contributed by atoms with E-state index in [0.29, 0.717) is 16.7 Å². The molecular weight excluding hydrogens is 426 g/mol. The molecule has 5 rings (SSSR count). The van der Waals surface area contributed by atoms with Gasteiger partial charge in [0.25, 0.3) is 0 Å². The summed E-state index contributed by atoms with van der Waals surface area (Å²) in [5.74, 6) is -0.370. The molecule has 3 heterocycles. The zero-order chi connectivity index (χ0) is 22.9. The highest BCUT2D eigenvalue weighted by Crippen LogP contribution is 2.32. The maximum Gasteiger partial charge on any atom is 0.338 e. The quantitative estimate of drug-likeness (QED) is 0.388. The van der Waals surface area contributed by atoms with Crippen molar-refractivity contribution in [2.45, 2.75) is 24.5 Å². The van der Waals surface area contributed by atoms with Crippen molar-refractivity contribution in [3.63, 3.8) is 0 Å². The number of carbonyl (C=O) groups excluding carboxylic acids is 1. The van der Waals surface area contributed by atoms with Gasteiger partial charge in [0.15, 0.2) is 17.7 Å². The van der Waals surface area contributed by atoms with Gasteiger partial charge in [-0.15, -0.1) is 0 Å². The molecule has 1 saturated heterocycles. The Bertz CT molecular complexity index is 1290. The number of benzene rings is 2. The molecule has 0 radical (unpaired) electrons. The number of imidazole rings is 1. The zero-order valence-electron chi connectivity index (χ0n) is 17.4. The molecule has 1 fully saturated rings. The van der Waals surface area contributed by atoms with E-state index in [1.54, 1.807) is 18.2 Å². The van der Waals surface area contributed by atoms with Crippen LogP contribution in [0.15, 0.2) is 67.3 Å². The van der Waals surface area contributed by atoms with Crippen LogP contribution in [0.2, 0.25) is 0 Å². The van der Waals surface area contributed by atoms with Crippen molar-refractivity contribution >= 4 is 23.0 Å². The molecule has 2 aromatic heterocycles. The van der Waals surface area contributed by atoms with Crippen LogP contribution in [0.5, 0.6) is 0 Å². The SMILES string of the molecule is Nc1ncnc2c1ncn2[C@@H]1O[C@H](COC(=O)c2cccc(-c3ccccc3)c2)[C@@H](O)[C@H]1O. The van der Waals surface area contributed by atoms with E-state index >= 15 is 0 Å². The minimum atomic E-state index is -1.29. The van der Waals surface area contributed by atoms with Crippen molar-refractivity contribution < 1.29 is 24.5 Å². The van der Waals surface area contributed by atoms with Crippen LogP contribution in [0.25, 0.3) is 22.3 Å². The van der Waals surface area contributed by atoms with Crippen molar-refractivity contribution in [3.05, 3.63) is 72.8 Å². The van der Waals surface area contributed by atoms with Crippen molar-refractivity contribution in [2.75, 3.05) is 12.3 Å². The van der Waals surface area contributed by atoms with Crippen LogP contribution in [0.4, 0.5) is 5.82 Å². The summed E-state index contributed by atoms with van der Waals surface area (Å²) < 4.78 is 12.7. The maximum atomic E-state index is 12.6. The van der Waals surface area contributed by atoms with E-state index in [0.717, 1.165) is 11.1 Å². The number of rotatable bonds is 5. The second kappa shape index (κ2) is 8.58. The fourth-order valence-corrected chi connectivity index (χ4v) is 3.85. The number of nitrogens with two attached hydrogens (primary N) is 1. The third-order valence-electron chi connectivity index (χ3n) is 5.58. The minimum Gasteiger partial charge on any atom is -0.459 e. The van der Waals surface area contributed by atoms with Crippen molar-refractivity contribution in [1.82, 2.24) is 19.5 Å². The lowest BCUT2D eigenvalue weighted by Crippen LogP contribution is -2.34. The largest absolute Gasteiger partial charge is 0.459 e. The summed E-state index contributed by atoms with van der Waals surface area (Å²) >= 11 is 0. The molecule has 0 saturated carbocycles. The monoisotopic (exact) mass is 447 g/mol. The highest BCUT2D eigenvalue weighted by Gasteiger charge is 2.45. The third-order valence-corrected chi connectivity index (χ3v) is 5.58. The van der Waals surface area contributed by atoms with Gasteiger partial charge in [0, 0.05) is 0 Å². The molecule has 4 atom stereocenters. The molecule has 2 aromatic carbocycles. The molecule has 10 heteroatoms. The number of nitrogen functional groups attached to an aromatic ring is 1. The van der Waals surface area contributed by atoms with E-state index in [4.69, 9.17) is 15.2 Å². The number of anilines is 1. The van der Waals surface area contributed by atoms with E-state index in [9.17, 15) is 15.0 Å². The number of aliphatic hydroxyl groups excluding tert-OH is 2. The van der Waals surface area contributed by atoms with Crippen molar-refractivity contribution in [1.29, 1.82) is 0 Å². The van der Waals surface area contributed by atoms with Gasteiger partial charge in [-0.1, -0.05) is 42.5 Å². The standard InChI is InChI=1S/C23H21N5O5/c24-20-17-21(26-11-25-20)28(12-27-17)22-19(30)18(29)16(33-22)10-32-23(31)15-8-4-7-14(9-15)13-5-2-1-3-6-13/h1-9,11-12,16,18-19,22,29-30H,10H2,(H2,24,25,26)/t16-,18-,19-,22-/m1/s1. The lowest BCUT2D eigenvalue weighted by Gasteiger charge is -2.16. The zero-order valence-corrected chi connectivity index (χ0v) is 17.4. The number of hydrogen-bond acceptors (Lipinski definition) is 9. The summed E-state index contributed by atoms with van der Waals surface area (Å²) in [6.45, 7) is -0.243. The third kappa shape index (κ3) is 3.91. The molecule has 168 valence electrons.